The first-order valence-electron chi connectivity index (χ1n) is 5.16. The van der Waals surface area contributed by atoms with E-state index in [9.17, 15) is 0 Å². The first-order chi connectivity index (χ1) is 8.28. The number of aromatic nitrogens is 1. The molecule has 3 nitrogen and oxygen atoms in total. The molecule has 0 spiro atoms. The predicted octanol–water partition coefficient (Wildman–Crippen LogP) is 3.67. The van der Waals surface area contributed by atoms with E-state index in [0.29, 0.717) is 23.4 Å². The zero-order valence-electron chi connectivity index (χ0n) is 9.39. The van der Waals surface area contributed by atoms with Crippen molar-refractivity contribution >= 4 is 11.6 Å². The Bertz CT molecular complexity index is 502. The summed E-state index contributed by atoms with van der Waals surface area (Å²) in [6, 6.07) is 12.9. The first-order valence-corrected chi connectivity index (χ1v) is 5.54. The average molecular weight is 250 g/mol. The smallest absolute Gasteiger partial charge is 0.220 e. The monoisotopic (exact) mass is 249 g/mol. The summed E-state index contributed by atoms with van der Waals surface area (Å²) in [6.45, 7) is 0.556. The van der Waals surface area contributed by atoms with E-state index in [0.717, 1.165) is 5.56 Å². The summed E-state index contributed by atoms with van der Waals surface area (Å²) in [5, 5.41) is 0.413. The number of hydrogen-bond acceptors (Lipinski definition) is 3. The van der Waals surface area contributed by atoms with Gasteiger partial charge in [0, 0.05) is 13.2 Å². The van der Waals surface area contributed by atoms with Crippen LogP contribution in [0.15, 0.2) is 42.5 Å². The van der Waals surface area contributed by atoms with E-state index in [1.165, 1.54) is 0 Å². The van der Waals surface area contributed by atoms with E-state index in [1.807, 2.05) is 24.3 Å². The van der Waals surface area contributed by atoms with Crippen molar-refractivity contribution in [2.24, 2.45) is 0 Å². The lowest BCUT2D eigenvalue weighted by molar-refractivity contribution is 0.184. The molecule has 0 unspecified atom stereocenters. The Morgan fingerprint density at radius 3 is 2.76 bits per heavy atom. The fourth-order valence-corrected chi connectivity index (χ4v) is 1.59. The third-order valence-corrected chi connectivity index (χ3v) is 2.33. The van der Waals surface area contributed by atoms with Crippen LogP contribution >= 0.6 is 11.6 Å². The molecular weight excluding hydrogens is 238 g/mol. The average Bonchev–Trinajstić information content (AvgIpc) is 2.30. The molecule has 2 aromatic rings. The largest absolute Gasteiger partial charge is 0.439 e. The maximum absolute atomic E-state index is 5.78. The molecule has 88 valence electrons. The van der Waals surface area contributed by atoms with Gasteiger partial charge in [-0.2, -0.15) is 0 Å². The van der Waals surface area contributed by atoms with E-state index in [1.54, 1.807) is 25.3 Å². The Morgan fingerprint density at radius 2 is 2.00 bits per heavy atom. The Morgan fingerprint density at radius 1 is 1.18 bits per heavy atom. The van der Waals surface area contributed by atoms with E-state index in [2.05, 4.69) is 4.98 Å². The molecule has 1 aromatic carbocycles. The van der Waals surface area contributed by atoms with Crippen LogP contribution in [0.3, 0.4) is 0 Å². The topological polar surface area (TPSA) is 31.4 Å². The SMILES string of the molecule is COCc1cccc(Oc2cccc(Cl)n2)c1. The normalized spacial score (nSPS) is 10.2. The van der Waals surface area contributed by atoms with Gasteiger partial charge in [-0.3, -0.25) is 0 Å². The molecular formula is C13H12ClNO2. The summed E-state index contributed by atoms with van der Waals surface area (Å²) in [7, 11) is 1.66. The molecule has 4 heteroatoms. The minimum atomic E-state index is 0.413. The molecule has 0 saturated carbocycles. The van der Waals surface area contributed by atoms with Crippen LogP contribution in [0.5, 0.6) is 11.6 Å². The highest BCUT2D eigenvalue weighted by atomic mass is 35.5. The highest BCUT2D eigenvalue weighted by Crippen LogP contribution is 2.21. The van der Waals surface area contributed by atoms with Crippen LogP contribution in [0, 0.1) is 0 Å². The number of ether oxygens (including phenoxy) is 2. The molecule has 0 bridgehead atoms. The summed E-state index contributed by atoms with van der Waals surface area (Å²) < 4.78 is 10.7. The third kappa shape index (κ3) is 3.44. The van der Waals surface area contributed by atoms with Crippen molar-refractivity contribution in [1.29, 1.82) is 0 Å². The van der Waals surface area contributed by atoms with Crippen LogP contribution in [-0.4, -0.2) is 12.1 Å². The van der Waals surface area contributed by atoms with Gasteiger partial charge in [0.2, 0.25) is 5.88 Å². The van der Waals surface area contributed by atoms with Crippen molar-refractivity contribution in [2.45, 2.75) is 6.61 Å². The number of benzene rings is 1. The zero-order chi connectivity index (χ0) is 12.1. The predicted molar refractivity (Wildman–Crippen MR) is 66.5 cm³/mol. The summed E-state index contributed by atoms with van der Waals surface area (Å²) in [5.74, 6) is 1.20. The van der Waals surface area contributed by atoms with Gasteiger partial charge in [0.25, 0.3) is 0 Å². The van der Waals surface area contributed by atoms with Gasteiger partial charge >= 0.3 is 0 Å². The minimum Gasteiger partial charge on any atom is -0.439 e. The first kappa shape index (κ1) is 11.9. The Balaban J connectivity index is 2.15. The van der Waals surface area contributed by atoms with Gasteiger partial charge in [0.15, 0.2) is 0 Å². The van der Waals surface area contributed by atoms with Crippen LogP contribution in [0.2, 0.25) is 5.15 Å². The summed E-state index contributed by atoms with van der Waals surface area (Å²) in [5.41, 5.74) is 1.05. The van der Waals surface area contributed by atoms with Crippen LogP contribution < -0.4 is 4.74 Å². The molecule has 0 aliphatic rings. The van der Waals surface area contributed by atoms with Gasteiger partial charge in [0.05, 0.1) is 6.61 Å². The molecule has 0 saturated heterocycles. The van der Waals surface area contributed by atoms with Gasteiger partial charge in [-0.05, 0) is 23.8 Å². The molecule has 0 aliphatic carbocycles. The van der Waals surface area contributed by atoms with E-state index in [4.69, 9.17) is 21.1 Å². The molecule has 0 amide bonds. The molecule has 0 fully saturated rings. The maximum atomic E-state index is 5.78. The standard InChI is InChI=1S/C13H12ClNO2/c1-16-9-10-4-2-5-11(8-10)17-13-7-3-6-12(14)15-13/h2-8H,9H2,1H3. The lowest BCUT2D eigenvalue weighted by atomic mass is 10.2. The molecule has 0 atom stereocenters. The highest BCUT2D eigenvalue weighted by Gasteiger charge is 2.00. The number of rotatable bonds is 4. The van der Waals surface area contributed by atoms with E-state index < -0.39 is 0 Å². The number of halogens is 1. The van der Waals surface area contributed by atoms with Gasteiger partial charge in [0.1, 0.15) is 10.9 Å². The number of pyridine rings is 1. The van der Waals surface area contributed by atoms with Gasteiger partial charge < -0.3 is 9.47 Å². The Kier molecular flexibility index (Phi) is 3.96. The molecule has 0 N–H and O–H groups in total. The van der Waals surface area contributed by atoms with Crippen molar-refractivity contribution in [3.05, 3.63) is 53.2 Å². The number of hydrogen-bond donors (Lipinski definition) is 0. The summed E-state index contributed by atoms with van der Waals surface area (Å²) >= 11 is 5.78. The second-order valence-corrected chi connectivity index (χ2v) is 3.87. The number of methoxy groups -OCH3 is 1. The van der Waals surface area contributed by atoms with Crippen molar-refractivity contribution in [3.8, 4) is 11.6 Å². The van der Waals surface area contributed by atoms with Gasteiger partial charge in [-0.1, -0.05) is 29.8 Å². The number of nitrogens with zero attached hydrogens (tertiary/aromatic N) is 1. The lowest BCUT2D eigenvalue weighted by Gasteiger charge is -2.06. The van der Waals surface area contributed by atoms with Gasteiger partial charge in [-0.15, -0.1) is 0 Å². The summed E-state index contributed by atoms with van der Waals surface area (Å²) in [4.78, 5) is 4.06. The fourth-order valence-electron chi connectivity index (χ4n) is 1.43. The van der Waals surface area contributed by atoms with Crippen molar-refractivity contribution in [2.75, 3.05) is 7.11 Å². The Hall–Kier alpha value is -1.58. The third-order valence-electron chi connectivity index (χ3n) is 2.12. The van der Waals surface area contributed by atoms with E-state index in [-0.39, 0.29) is 0 Å². The molecule has 0 radical (unpaired) electrons. The van der Waals surface area contributed by atoms with Crippen molar-refractivity contribution < 1.29 is 9.47 Å². The van der Waals surface area contributed by atoms with Crippen LogP contribution in [-0.2, 0) is 11.3 Å². The quantitative estimate of drug-likeness (QED) is 0.775. The van der Waals surface area contributed by atoms with Crippen molar-refractivity contribution in [3.63, 3.8) is 0 Å². The van der Waals surface area contributed by atoms with Crippen LogP contribution in [0.25, 0.3) is 0 Å². The highest BCUT2D eigenvalue weighted by molar-refractivity contribution is 6.29. The van der Waals surface area contributed by atoms with Crippen LogP contribution in [0.4, 0.5) is 0 Å². The van der Waals surface area contributed by atoms with Crippen molar-refractivity contribution in [1.82, 2.24) is 4.98 Å². The molecule has 0 aliphatic heterocycles. The lowest BCUT2D eigenvalue weighted by Crippen LogP contribution is -1.91. The Labute approximate surface area is 105 Å². The second-order valence-electron chi connectivity index (χ2n) is 3.48. The maximum Gasteiger partial charge on any atom is 0.220 e. The minimum absolute atomic E-state index is 0.413. The van der Waals surface area contributed by atoms with E-state index >= 15 is 0 Å². The van der Waals surface area contributed by atoms with Crippen LogP contribution in [0.1, 0.15) is 5.56 Å². The van der Waals surface area contributed by atoms with Gasteiger partial charge in [-0.25, -0.2) is 4.98 Å². The molecule has 2 rings (SSSR count). The zero-order valence-corrected chi connectivity index (χ0v) is 10.1. The molecule has 1 aromatic heterocycles. The second kappa shape index (κ2) is 5.66. The summed E-state index contributed by atoms with van der Waals surface area (Å²) in [6.07, 6.45) is 0. The fraction of sp³-hybridized carbons (Fsp3) is 0.154. The molecule has 1 heterocycles. The molecule has 17 heavy (non-hydrogen) atoms.